The fraction of sp³-hybridized carbons (Fsp3) is 0. The van der Waals surface area contributed by atoms with Crippen LogP contribution in [0.1, 0.15) is 10.4 Å². The summed E-state index contributed by atoms with van der Waals surface area (Å²) in [5, 5.41) is 10.1. The number of Topliss-reactive ketones (excluding diaryl/α,β-unsaturated/α-hetero) is 1. The molecule has 2 rings (SSSR count). The summed E-state index contributed by atoms with van der Waals surface area (Å²) in [5.41, 5.74) is -0.409. The molecule has 0 radical (unpaired) electrons. The summed E-state index contributed by atoms with van der Waals surface area (Å²) >= 11 is 0. The van der Waals surface area contributed by atoms with Crippen molar-refractivity contribution < 1.29 is 14.7 Å². The quantitative estimate of drug-likeness (QED) is 0.438. The van der Waals surface area contributed by atoms with Gasteiger partial charge < -0.3 is 10.1 Å². The third-order valence-corrected chi connectivity index (χ3v) is 2.23. The molecule has 0 saturated carbocycles. The van der Waals surface area contributed by atoms with Crippen molar-refractivity contribution in [2.24, 2.45) is 0 Å². The van der Waals surface area contributed by atoms with Crippen molar-refractivity contribution in [2.75, 3.05) is 0 Å². The topological polar surface area (TPSA) is 87.2 Å². The summed E-state index contributed by atoms with van der Waals surface area (Å²) in [7, 11) is 0. The van der Waals surface area contributed by atoms with E-state index in [1.807, 2.05) is 0 Å². The van der Waals surface area contributed by atoms with Gasteiger partial charge in [-0.3, -0.25) is 14.4 Å². The maximum Gasteiger partial charge on any atom is 0.248 e. The molecule has 0 fully saturated rings. The lowest BCUT2D eigenvalue weighted by Gasteiger charge is -2.04. The molecular weight excluding hydrogens is 210 g/mol. The second kappa shape index (κ2) is 3.62. The second-order valence-corrected chi connectivity index (χ2v) is 3.23. The number of aromatic nitrogens is 1. The van der Waals surface area contributed by atoms with Crippen LogP contribution >= 0.6 is 0 Å². The highest BCUT2D eigenvalue weighted by molar-refractivity contribution is 6.36. The first-order chi connectivity index (χ1) is 7.63. The van der Waals surface area contributed by atoms with Crippen LogP contribution in [0.3, 0.4) is 0 Å². The Balaban J connectivity index is 2.93. The molecule has 1 heterocycles. The number of aromatic amines is 1. The predicted molar refractivity (Wildman–Crippen MR) is 56.6 cm³/mol. The number of benzene rings is 1. The average molecular weight is 217 g/mol. The molecule has 2 aromatic rings. The number of phenols is 1. The highest BCUT2D eigenvalue weighted by atomic mass is 16.3. The van der Waals surface area contributed by atoms with E-state index < -0.39 is 11.3 Å². The van der Waals surface area contributed by atoms with Crippen molar-refractivity contribution in [1.82, 2.24) is 4.98 Å². The summed E-state index contributed by atoms with van der Waals surface area (Å²) < 4.78 is 0. The van der Waals surface area contributed by atoms with E-state index in [1.54, 1.807) is 6.07 Å². The van der Waals surface area contributed by atoms with Crippen LogP contribution in [0.5, 0.6) is 5.75 Å². The van der Waals surface area contributed by atoms with Gasteiger partial charge in [0.25, 0.3) is 0 Å². The number of rotatable bonds is 2. The summed E-state index contributed by atoms with van der Waals surface area (Å²) in [5.74, 6) is -1.20. The van der Waals surface area contributed by atoms with Crippen molar-refractivity contribution >= 4 is 23.0 Å². The number of carbonyl (C=O) groups is 2. The first kappa shape index (κ1) is 10.1. The SMILES string of the molecule is O=CC(=O)c1c(O)ccc2ccc(=O)[nH]c12. The number of hydrogen-bond donors (Lipinski definition) is 2. The number of phenolic OH excluding ortho intramolecular Hbond substituents is 1. The molecule has 0 amide bonds. The maximum absolute atomic E-state index is 11.3. The van der Waals surface area contributed by atoms with E-state index in [-0.39, 0.29) is 23.1 Å². The summed E-state index contributed by atoms with van der Waals surface area (Å²) in [6, 6.07) is 5.66. The molecule has 0 bridgehead atoms. The van der Waals surface area contributed by atoms with Crippen LogP contribution in [0, 0.1) is 0 Å². The molecule has 1 aromatic heterocycles. The normalized spacial score (nSPS) is 10.2. The molecule has 0 unspecified atom stereocenters. The smallest absolute Gasteiger partial charge is 0.248 e. The Morgan fingerprint density at radius 3 is 2.62 bits per heavy atom. The van der Waals surface area contributed by atoms with E-state index in [2.05, 4.69) is 4.98 Å². The lowest BCUT2D eigenvalue weighted by atomic mass is 10.1. The molecule has 0 saturated heterocycles. The maximum atomic E-state index is 11.3. The van der Waals surface area contributed by atoms with Crippen molar-refractivity contribution in [3.63, 3.8) is 0 Å². The summed E-state index contributed by atoms with van der Waals surface area (Å²) in [6.07, 6.45) is 0.0970. The van der Waals surface area contributed by atoms with E-state index in [4.69, 9.17) is 0 Å². The van der Waals surface area contributed by atoms with E-state index in [0.717, 1.165) is 0 Å². The van der Waals surface area contributed by atoms with Gasteiger partial charge in [-0.1, -0.05) is 0 Å². The highest BCUT2D eigenvalue weighted by Gasteiger charge is 2.14. The van der Waals surface area contributed by atoms with Crippen LogP contribution in [-0.2, 0) is 4.79 Å². The Hall–Kier alpha value is -2.43. The molecule has 0 aliphatic rings. The molecule has 5 nitrogen and oxygen atoms in total. The number of nitrogens with one attached hydrogen (secondary N) is 1. The molecule has 5 heteroatoms. The molecule has 16 heavy (non-hydrogen) atoms. The van der Waals surface area contributed by atoms with Crippen molar-refractivity contribution in [3.8, 4) is 5.75 Å². The van der Waals surface area contributed by atoms with Crippen LogP contribution < -0.4 is 5.56 Å². The van der Waals surface area contributed by atoms with E-state index in [1.165, 1.54) is 18.2 Å². The number of hydrogen-bond acceptors (Lipinski definition) is 4. The van der Waals surface area contributed by atoms with Crippen molar-refractivity contribution in [1.29, 1.82) is 0 Å². The monoisotopic (exact) mass is 217 g/mol. The highest BCUT2D eigenvalue weighted by Crippen LogP contribution is 2.24. The number of aldehydes is 1. The van der Waals surface area contributed by atoms with E-state index in [9.17, 15) is 19.5 Å². The summed E-state index contributed by atoms with van der Waals surface area (Å²) in [6.45, 7) is 0. The average Bonchev–Trinajstić information content (AvgIpc) is 2.28. The molecule has 0 aliphatic heterocycles. The van der Waals surface area contributed by atoms with Gasteiger partial charge in [0.2, 0.25) is 11.3 Å². The van der Waals surface area contributed by atoms with Gasteiger partial charge in [-0.25, -0.2) is 0 Å². The summed E-state index contributed by atoms with van der Waals surface area (Å²) in [4.78, 5) is 35.3. The Kier molecular flexibility index (Phi) is 2.28. The second-order valence-electron chi connectivity index (χ2n) is 3.23. The zero-order valence-electron chi connectivity index (χ0n) is 8.06. The van der Waals surface area contributed by atoms with Gasteiger partial charge in [0, 0.05) is 6.07 Å². The van der Waals surface area contributed by atoms with Crippen LogP contribution in [0.15, 0.2) is 29.1 Å². The number of fused-ring (bicyclic) bond motifs is 1. The Bertz CT molecular complexity index is 642. The molecule has 0 aliphatic carbocycles. The largest absolute Gasteiger partial charge is 0.507 e. The minimum absolute atomic E-state index is 0.0970. The lowest BCUT2D eigenvalue weighted by Crippen LogP contribution is -2.08. The van der Waals surface area contributed by atoms with Crippen LogP contribution in [0.2, 0.25) is 0 Å². The van der Waals surface area contributed by atoms with Gasteiger partial charge in [-0.05, 0) is 23.6 Å². The van der Waals surface area contributed by atoms with Gasteiger partial charge in [0.15, 0.2) is 6.29 Å². The number of aromatic hydroxyl groups is 1. The van der Waals surface area contributed by atoms with Gasteiger partial charge in [0.05, 0.1) is 11.1 Å². The van der Waals surface area contributed by atoms with Gasteiger partial charge in [-0.15, -0.1) is 0 Å². The van der Waals surface area contributed by atoms with Gasteiger partial charge >= 0.3 is 0 Å². The van der Waals surface area contributed by atoms with Crippen molar-refractivity contribution in [3.05, 3.63) is 40.2 Å². The first-order valence-corrected chi connectivity index (χ1v) is 4.48. The Labute approximate surface area is 89.3 Å². The molecular formula is C11H7NO4. The number of carbonyl (C=O) groups excluding carboxylic acids is 2. The molecule has 1 aromatic carbocycles. The van der Waals surface area contributed by atoms with Gasteiger partial charge in [-0.2, -0.15) is 0 Å². The number of ketones is 1. The van der Waals surface area contributed by atoms with Gasteiger partial charge in [0.1, 0.15) is 5.75 Å². The zero-order chi connectivity index (χ0) is 11.7. The number of pyridine rings is 1. The minimum Gasteiger partial charge on any atom is -0.507 e. The molecule has 0 spiro atoms. The Morgan fingerprint density at radius 1 is 1.25 bits per heavy atom. The third-order valence-electron chi connectivity index (χ3n) is 2.23. The molecule has 2 N–H and O–H groups in total. The lowest BCUT2D eigenvalue weighted by molar-refractivity contribution is -0.104. The molecule has 80 valence electrons. The van der Waals surface area contributed by atoms with Crippen molar-refractivity contribution in [2.45, 2.75) is 0 Å². The molecule has 0 atom stereocenters. The Morgan fingerprint density at radius 2 is 1.94 bits per heavy atom. The van der Waals surface area contributed by atoms with Crippen LogP contribution in [-0.4, -0.2) is 22.2 Å². The third kappa shape index (κ3) is 1.48. The fourth-order valence-corrected chi connectivity index (χ4v) is 1.52. The standard InChI is InChI=1S/C11H7NO4/c13-5-8(15)10-7(14)3-1-6-2-4-9(16)12-11(6)10/h1-5,14H,(H,12,16). The van der Waals surface area contributed by atoms with Crippen LogP contribution in [0.4, 0.5) is 0 Å². The van der Waals surface area contributed by atoms with E-state index >= 15 is 0 Å². The van der Waals surface area contributed by atoms with Crippen LogP contribution in [0.25, 0.3) is 10.9 Å². The predicted octanol–water partition coefficient (Wildman–Crippen LogP) is 0.615. The fourth-order valence-electron chi connectivity index (χ4n) is 1.52. The zero-order valence-corrected chi connectivity index (χ0v) is 8.06. The minimum atomic E-state index is -0.870. The van der Waals surface area contributed by atoms with E-state index in [0.29, 0.717) is 5.39 Å². The number of H-pyrrole nitrogens is 1. The first-order valence-electron chi connectivity index (χ1n) is 4.48.